The van der Waals surface area contributed by atoms with E-state index in [0.29, 0.717) is 23.3 Å². The fourth-order valence-corrected chi connectivity index (χ4v) is 3.45. The summed E-state index contributed by atoms with van der Waals surface area (Å²) in [6, 6.07) is 18.3. The van der Waals surface area contributed by atoms with Crippen LogP contribution in [0.25, 0.3) is 10.9 Å². The van der Waals surface area contributed by atoms with E-state index in [1.165, 1.54) is 4.57 Å². The minimum Gasteiger partial charge on any atom is -0.309 e. The number of carbonyl (C=O) groups excluding carboxylic acids is 1. The number of hydrogen-bond acceptors (Lipinski definition) is 4. The molecule has 0 atom stereocenters. The van der Waals surface area contributed by atoms with E-state index in [2.05, 4.69) is 10.4 Å². The molecule has 8 heteroatoms. The van der Waals surface area contributed by atoms with Gasteiger partial charge < -0.3 is 5.32 Å². The zero-order valence-electron chi connectivity index (χ0n) is 16.5. The summed E-state index contributed by atoms with van der Waals surface area (Å²) in [6.45, 7) is 2.25. The van der Waals surface area contributed by atoms with Gasteiger partial charge in [-0.05, 0) is 24.6 Å². The van der Waals surface area contributed by atoms with Crippen molar-refractivity contribution >= 4 is 22.6 Å². The summed E-state index contributed by atoms with van der Waals surface area (Å²) < 4.78 is 4.14. The molecule has 2 heterocycles. The number of para-hydroxylation sites is 1. The number of carbonyl (C=O) groups is 1. The highest BCUT2D eigenvalue weighted by molar-refractivity contribution is 5.90. The van der Waals surface area contributed by atoms with Gasteiger partial charge in [-0.1, -0.05) is 42.5 Å². The average molecular weight is 403 g/mol. The molecule has 2 aromatic carbocycles. The summed E-state index contributed by atoms with van der Waals surface area (Å²) in [5, 5.41) is 7.49. The Morgan fingerprint density at radius 2 is 1.70 bits per heavy atom. The molecule has 8 nitrogen and oxygen atoms in total. The molecule has 0 aliphatic rings. The molecule has 4 aromatic rings. The molecule has 2 aromatic heterocycles. The van der Waals surface area contributed by atoms with Gasteiger partial charge in [0.15, 0.2) is 0 Å². The highest BCUT2D eigenvalue weighted by Gasteiger charge is 2.15. The lowest BCUT2D eigenvalue weighted by Crippen LogP contribution is -2.41. The maximum absolute atomic E-state index is 12.8. The van der Waals surface area contributed by atoms with Gasteiger partial charge in [-0.15, -0.1) is 0 Å². The molecule has 152 valence electrons. The van der Waals surface area contributed by atoms with Crippen LogP contribution in [0.3, 0.4) is 0 Å². The molecule has 0 radical (unpaired) electrons. The quantitative estimate of drug-likeness (QED) is 0.534. The largest absolute Gasteiger partial charge is 0.331 e. The number of amides is 1. The van der Waals surface area contributed by atoms with Crippen molar-refractivity contribution in [2.45, 2.75) is 26.6 Å². The molecule has 30 heavy (non-hydrogen) atoms. The lowest BCUT2D eigenvalue weighted by atomic mass is 10.2. The Labute approximate surface area is 172 Å². The van der Waals surface area contributed by atoms with E-state index in [4.69, 9.17) is 0 Å². The summed E-state index contributed by atoms with van der Waals surface area (Å²) >= 11 is 0. The second-order valence-corrected chi connectivity index (χ2v) is 6.84. The molecular weight excluding hydrogens is 382 g/mol. The van der Waals surface area contributed by atoms with Crippen LogP contribution in [0.4, 0.5) is 5.82 Å². The van der Waals surface area contributed by atoms with Gasteiger partial charge in [0.25, 0.3) is 5.56 Å². The molecule has 4 rings (SSSR count). The Kier molecular flexibility index (Phi) is 5.30. The van der Waals surface area contributed by atoms with Crippen LogP contribution in [0.5, 0.6) is 0 Å². The van der Waals surface area contributed by atoms with Crippen LogP contribution in [-0.2, 0) is 24.4 Å². The summed E-state index contributed by atoms with van der Waals surface area (Å²) in [6.07, 6.45) is 1.61. The molecular formula is C22H21N5O3. The molecule has 0 saturated carbocycles. The maximum Gasteiger partial charge on any atom is 0.331 e. The SMILES string of the molecule is CCn1c(=O)c2ccccc2n(CC(=O)Nc2ccnn2Cc2ccccc2)c1=O. The molecule has 0 bridgehead atoms. The standard InChI is InChI=1S/C22H21N5O3/c1-2-25-21(29)17-10-6-7-11-18(17)26(22(25)30)15-20(28)24-19-12-13-23-27(19)14-16-8-4-3-5-9-16/h3-13H,2,14-15H2,1H3,(H,24,28). The lowest BCUT2D eigenvalue weighted by Gasteiger charge is -2.14. The highest BCUT2D eigenvalue weighted by atomic mass is 16.2. The number of rotatable bonds is 6. The molecule has 0 aliphatic carbocycles. The number of hydrogen-bond donors (Lipinski definition) is 1. The Morgan fingerprint density at radius 1 is 0.967 bits per heavy atom. The van der Waals surface area contributed by atoms with Crippen molar-refractivity contribution in [3.05, 3.63) is 93.3 Å². The van der Waals surface area contributed by atoms with E-state index in [1.54, 1.807) is 48.1 Å². The maximum atomic E-state index is 12.8. The lowest BCUT2D eigenvalue weighted by molar-refractivity contribution is -0.116. The first-order chi connectivity index (χ1) is 14.6. The Morgan fingerprint density at radius 3 is 2.47 bits per heavy atom. The smallest absolute Gasteiger partial charge is 0.309 e. The number of nitrogens with zero attached hydrogens (tertiary/aromatic N) is 4. The van der Waals surface area contributed by atoms with E-state index in [-0.39, 0.29) is 24.6 Å². The van der Waals surface area contributed by atoms with Gasteiger partial charge in [0.05, 0.1) is 23.6 Å². The zero-order chi connectivity index (χ0) is 21.1. The van der Waals surface area contributed by atoms with E-state index < -0.39 is 5.69 Å². The third kappa shape index (κ3) is 3.67. The zero-order valence-corrected chi connectivity index (χ0v) is 16.5. The van der Waals surface area contributed by atoms with Crippen molar-refractivity contribution in [2.24, 2.45) is 0 Å². The predicted molar refractivity (Wildman–Crippen MR) is 115 cm³/mol. The van der Waals surface area contributed by atoms with Crippen LogP contribution in [0, 0.1) is 0 Å². The van der Waals surface area contributed by atoms with Crippen LogP contribution in [0.1, 0.15) is 12.5 Å². The van der Waals surface area contributed by atoms with Crippen LogP contribution < -0.4 is 16.6 Å². The van der Waals surface area contributed by atoms with Crippen molar-refractivity contribution in [1.29, 1.82) is 0 Å². The number of benzene rings is 2. The van der Waals surface area contributed by atoms with Gasteiger partial charge in [0.2, 0.25) is 5.91 Å². The van der Waals surface area contributed by atoms with Crippen molar-refractivity contribution in [3.63, 3.8) is 0 Å². The van der Waals surface area contributed by atoms with Gasteiger partial charge >= 0.3 is 5.69 Å². The van der Waals surface area contributed by atoms with Crippen molar-refractivity contribution in [3.8, 4) is 0 Å². The van der Waals surface area contributed by atoms with E-state index in [0.717, 1.165) is 10.1 Å². The normalized spacial score (nSPS) is 11.0. The first kappa shape index (κ1) is 19.4. The van der Waals surface area contributed by atoms with Gasteiger partial charge in [-0.2, -0.15) is 5.10 Å². The Bertz CT molecular complexity index is 1320. The van der Waals surface area contributed by atoms with Crippen LogP contribution >= 0.6 is 0 Å². The van der Waals surface area contributed by atoms with E-state index in [1.807, 2.05) is 30.3 Å². The fraction of sp³-hybridized carbons (Fsp3) is 0.182. The minimum atomic E-state index is -0.505. The van der Waals surface area contributed by atoms with Crippen LogP contribution in [-0.4, -0.2) is 24.8 Å². The molecule has 0 saturated heterocycles. The molecule has 0 aliphatic heterocycles. The van der Waals surface area contributed by atoms with Crippen molar-refractivity contribution in [1.82, 2.24) is 18.9 Å². The molecule has 1 N–H and O–H groups in total. The van der Waals surface area contributed by atoms with Gasteiger partial charge in [-0.3, -0.25) is 18.7 Å². The Balaban J connectivity index is 1.62. The molecule has 0 fully saturated rings. The van der Waals surface area contributed by atoms with Crippen molar-refractivity contribution < 1.29 is 4.79 Å². The van der Waals surface area contributed by atoms with E-state index in [9.17, 15) is 14.4 Å². The monoisotopic (exact) mass is 403 g/mol. The fourth-order valence-electron chi connectivity index (χ4n) is 3.45. The van der Waals surface area contributed by atoms with Gasteiger partial charge in [-0.25, -0.2) is 9.48 Å². The third-order valence-corrected chi connectivity index (χ3v) is 4.91. The van der Waals surface area contributed by atoms with Gasteiger partial charge in [0, 0.05) is 12.6 Å². The summed E-state index contributed by atoms with van der Waals surface area (Å²) in [7, 11) is 0. The second-order valence-electron chi connectivity index (χ2n) is 6.84. The molecule has 1 amide bonds. The summed E-state index contributed by atoms with van der Waals surface area (Å²) in [5.74, 6) is 0.156. The average Bonchev–Trinajstić information content (AvgIpc) is 3.18. The first-order valence-corrected chi connectivity index (χ1v) is 9.66. The Hall–Kier alpha value is -3.94. The number of nitrogens with one attached hydrogen (secondary N) is 1. The second kappa shape index (κ2) is 8.20. The predicted octanol–water partition coefficient (Wildman–Crippen LogP) is 2.07. The van der Waals surface area contributed by atoms with Gasteiger partial charge in [0.1, 0.15) is 12.4 Å². The summed E-state index contributed by atoms with van der Waals surface area (Å²) in [4.78, 5) is 38.1. The van der Waals surface area contributed by atoms with E-state index >= 15 is 0 Å². The van der Waals surface area contributed by atoms with Crippen LogP contribution in [0.15, 0.2) is 76.4 Å². The first-order valence-electron chi connectivity index (χ1n) is 9.66. The van der Waals surface area contributed by atoms with Crippen molar-refractivity contribution in [2.75, 3.05) is 5.32 Å². The number of anilines is 1. The highest BCUT2D eigenvalue weighted by Crippen LogP contribution is 2.11. The minimum absolute atomic E-state index is 0.212. The van der Waals surface area contributed by atoms with Crippen LogP contribution in [0.2, 0.25) is 0 Å². The number of fused-ring (bicyclic) bond motifs is 1. The summed E-state index contributed by atoms with van der Waals surface area (Å²) in [5.41, 5.74) is 0.629. The number of aromatic nitrogens is 4. The topological polar surface area (TPSA) is 90.9 Å². The third-order valence-electron chi connectivity index (χ3n) is 4.91. The molecule has 0 spiro atoms. The molecule has 0 unspecified atom stereocenters.